The number of carbonyl (C=O) groups is 1. The lowest BCUT2D eigenvalue weighted by molar-refractivity contribution is -0.946. The third-order valence-corrected chi connectivity index (χ3v) is 8.02. The molecular formula is C31H36BrNO4. The molecule has 0 aromatic heterocycles. The van der Waals surface area contributed by atoms with E-state index in [9.17, 15) is 9.90 Å². The molecule has 3 fully saturated rings. The Bertz CT molecular complexity index is 1080. The number of aliphatic hydroxyl groups is 1. The number of unbranched alkanes of at least 4 members (excludes halogenated alkanes) is 1. The van der Waals surface area contributed by atoms with Crippen molar-refractivity contribution in [3.63, 3.8) is 0 Å². The molecule has 1 unspecified atom stereocenters. The molecule has 0 aliphatic carbocycles. The molecule has 5 nitrogen and oxygen atoms in total. The minimum absolute atomic E-state index is 0. The lowest BCUT2D eigenvalue weighted by Gasteiger charge is -2.52. The number of ether oxygens (including phenoxy) is 2. The summed E-state index contributed by atoms with van der Waals surface area (Å²) in [5.74, 6) is 0.707. The highest BCUT2D eigenvalue weighted by molar-refractivity contribution is 5.85. The highest BCUT2D eigenvalue weighted by atomic mass is 79.9. The summed E-state index contributed by atoms with van der Waals surface area (Å²) in [7, 11) is 0. The molecule has 196 valence electrons. The summed E-state index contributed by atoms with van der Waals surface area (Å²) in [6.45, 7) is 4.89. The smallest absolute Gasteiger partial charge is 0.348 e. The maximum absolute atomic E-state index is 13.7. The molecule has 0 amide bonds. The van der Waals surface area contributed by atoms with Crippen molar-refractivity contribution in [1.29, 1.82) is 0 Å². The van der Waals surface area contributed by atoms with Crippen LogP contribution in [0, 0.1) is 5.92 Å². The fraction of sp³-hybridized carbons (Fsp3) is 0.387. The van der Waals surface area contributed by atoms with E-state index in [1.807, 2.05) is 66.7 Å². The highest BCUT2D eigenvalue weighted by Gasteiger charge is 2.50. The van der Waals surface area contributed by atoms with Crippen molar-refractivity contribution < 1.29 is 40.8 Å². The lowest BCUT2D eigenvalue weighted by Crippen LogP contribution is -3.00. The number of quaternary nitrogens is 1. The fourth-order valence-corrected chi connectivity index (χ4v) is 5.91. The third kappa shape index (κ3) is 6.08. The molecule has 0 radical (unpaired) electrons. The summed E-state index contributed by atoms with van der Waals surface area (Å²) in [6.07, 6.45) is 4.04. The fourth-order valence-electron chi connectivity index (χ4n) is 5.91. The molecule has 3 aromatic carbocycles. The number of hydrogen-bond donors (Lipinski definition) is 1. The zero-order valence-electron chi connectivity index (χ0n) is 21.2. The van der Waals surface area contributed by atoms with E-state index in [0.29, 0.717) is 23.7 Å². The van der Waals surface area contributed by atoms with Gasteiger partial charge in [-0.05, 0) is 36.1 Å². The van der Waals surface area contributed by atoms with Gasteiger partial charge < -0.3 is 36.0 Å². The topological polar surface area (TPSA) is 55.8 Å². The number of rotatable bonds is 10. The van der Waals surface area contributed by atoms with E-state index < -0.39 is 11.6 Å². The van der Waals surface area contributed by atoms with Crippen LogP contribution < -0.4 is 21.7 Å². The summed E-state index contributed by atoms with van der Waals surface area (Å²) in [5, 5.41) is 11.8. The number of hydrogen-bond acceptors (Lipinski definition) is 4. The number of benzene rings is 3. The van der Waals surface area contributed by atoms with Crippen LogP contribution in [0.4, 0.5) is 0 Å². The summed E-state index contributed by atoms with van der Waals surface area (Å²) in [6, 6.07) is 28.2. The largest absolute Gasteiger partial charge is 1.00 e. The van der Waals surface area contributed by atoms with Gasteiger partial charge in [0.15, 0.2) is 6.10 Å². The molecule has 3 aromatic rings. The summed E-state index contributed by atoms with van der Waals surface area (Å²) in [5.41, 5.74) is -0.761. The monoisotopic (exact) mass is 565 g/mol. The van der Waals surface area contributed by atoms with Crippen molar-refractivity contribution in [3.8, 4) is 5.75 Å². The van der Waals surface area contributed by atoms with Gasteiger partial charge in [0.2, 0.25) is 5.60 Å². The summed E-state index contributed by atoms with van der Waals surface area (Å²) >= 11 is 0. The number of halogens is 1. The number of nitrogens with zero attached hydrogens (tertiary/aromatic N) is 1. The van der Waals surface area contributed by atoms with Crippen LogP contribution in [-0.2, 0) is 15.1 Å². The van der Waals surface area contributed by atoms with E-state index in [0.717, 1.165) is 62.1 Å². The Kier molecular flexibility index (Phi) is 9.06. The number of para-hydroxylation sites is 1. The zero-order chi connectivity index (χ0) is 24.8. The van der Waals surface area contributed by atoms with E-state index in [2.05, 4.69) is 0 Å². The molecule has 37 heavy (non-hydrogen) atoms. The van der Waals surface area contributed by atoms with Crippen LogP contribution >= 0.6 is 0 Å². The molecule has 6 heteroatoms. The Hall–Kier alpha value is -2.67. The third-order valence-electron chi connectivity index (χ3n) is 8.02. The van der Waals surface area contributed by atoms with Crippen LogP contribution in [0.1, 0.15) is 36.8 Å². The highest BCUT2D eigenvalue weighted by Crippen LogP contribution is 2.38. The van der Waals surface area contributed by atoms with Gasteiger partial charge in [-0.2, -0.15) is 0 Å². The lowest BCUT2D eigenvalue weighted by atomic mass is 9.82. The van der Waals surface area contributed by atoms with Gasteiger partial charge in [-0.25, -0.2) is 4.79 Å². The first kappa shape index (κ1) is 27.4. The maximum Gasteiger partial charge on any atom is 0.348 e. The molecule has 0 spiro atoms. The molecule has 3 aliphatic heterocycles. The molecule has 1 N–H and O–H groups in total. The minimum atomic E-state index is -1.83. The molecule has 6 rings (SSSR count). The van der Waals surface area contributed by atoms with E-state index in [-0.39, 0.29) is 23.1 Å². The SMILES string of the molecule is O=C(OC1C[N+]2(CCCCOc3ccccc3)CCC1CC2)C(O)(c1ccccc1)c1ccccc1.[Br-]. The average Bonchev–Trinajstić information content (AvgIpc) is 2.94. The molecule has 3 saturated heterocycles. The second-order valence-electron chi connectivity index (χ2n) is 10.3. The van der Waals surface area contributed by atoms with Crippen LogP contribution in [0.2, 0.25) is 0 Å². The molecule has 1 atom stereocenters. The van der Waals surface area contributed by atoms with Crippen molar-refractivity contribution in [2.75, 3.05) is 32.8 Å². The van der Waals surface area contributed by atoms with Crippen molar-refractivity contribution in [2.24, 2.45) is 5.92 Å². The van der Waals surface area contributed by atoms with E-state index in [1.165, 1.54) is 0 Å². The van der Waals surface area contributed by atoms with Crippen LogP contribution in [0.15, 0.2) is 91.0 Å². The molecule has 3 heterocycles. The number of carbonyl (C=O) groups excluding carboxylic acids is 1. The average molecular weight is 567 g/mol. The van der Waals surface area contributed by atoms with Crippen molar-refractivity contribution in [3.05, 3.63) is 102 Å². The van der Waals surface area contributed by atoms with Crippen LogP contribution in [-0.4, -0.2) is 54.4 Å². The Labute approximate surface area is 230 Å². The minimum Gasteiger partial charge on any atom is -1.00 e. The van der Waals surface area contributed by atoms with Crippen LogP contribution in [0.25, 0.3) is 0 Å². The quantitative estimate of drug-likeness (QED) is 0.232. The Balaban J connectivity index is 0.00000320. The molecule has 0 saturated carbocycles. The van der Waals surface area contributed by atoms with Crippen molar-refractivity contribution in [1.82, 2.24) is 0 Å². The predicted molar refractivity (Wildman–Crippen MR) is 139 cm³/mol. The second kappa shape index (κ2) is 12.2. The van der Waals surface area contributed by atoms with Gasteiger partial charge in [0.25, 0.3) is 0 Å². The molecule has 2 bridgehead atoms. The summed E-state index contributed by atoms with van der Waals surface area (Å²) in [4.78, 5) is 13.7. The Morgan fingerprint density at radius 1 is 0.838 bits per heavy atom. The normalized spacial score (nSPS) is 22.6. The first-order valence-electron chi connectivity index (χ1n) is 13.2. The van der Waals surface area contributed by atoms with Gasteiger partial charge in [0, 0.05) is 18.8 Å². The molecular weight excluding hydrogens is 530 g/mol. The van der Waals surface area contributed by atoms with Crippen LogP contribution in [0.3, 0.4) is 0 Å². The van der Waals surface area contributed by atoms with Crippen molar-refractivity contribution >= 4 is 5.97 Å². The maximum atomic E-state index is 13.7. The van der Waals surface area contributed by atoms with Gasteiger partial charge >= 0.3 is 5.97 Å². The Morgan fingerprint density at radius 2 is 1.38 bits per heavy atom. The number of esters is 1. The number of fused-ring (bicyclic) bond motifs is 3. The standard InChI is InChI=1S/C31H36NO4.BrH/c33-30(31(34,26-12-4-1-5-13-26)27-14-6-2-7-15-27)36-29-24-32(21-18-25(29)19-22-32)20-10-11-23-35-28-16-8-3-9-17-28;/h1-9,12-17,25,29,34H,10-11,18-24H2;1H/q+1;/p-1. The van der Waals surface area contributed by atoms with Crippen LogP contribution in [0.5, 0.6) is 5.75 Å². The molecule has 3 aliphatic rings. The predicted octanol–water partition coefficient (Wildman–Crippen LogP) is 1.94. The van der Waals surface area contributed by atoms with E-state index in [4.69, 9.17) is 9.47 Å². The van der Waals surface area contributed by atoms with E-state index >= 15 is 0 Å². The van der Waals surface area contributed by atoms with E-state index in [1.54, 1.807) is 24.3 Å². The van der Waals surface area contributed by atoms with Gasteiger partial charge in [-0.1, -0.05) is 78.9 Å². The van der Waals surface area contributed by atoms with Gasteiger partial charge in [0.05, 0.1) is 26.2 Å². The Morgan fingerprint density at radius 3 is 1.95 bits per heavy atom. The van der Waals surface area contributed by atoms with Gasteiger partial charge in [0.1, 0.15) is 12.3 Å². The van der Waals surface area contributed by atoms with Gasteiger partial charge in [-0.15, -0.1) is 0 Å². The number of piperidine rings is 3. The first-order valence-corrected chi connectivity index (χ1v) is 13.2. The zero-order valence-corrected chi connectivity index (χ0v) is 22.8. The summed E-state index contributed by atoms with van der Waals surface area (Å²) < 4.78 is 13.0. The van der Waals surface area contributed by atoms with Gasteiger partial charge in [-0.3, -0.25) is 0 Å². The first-order chi connectivity index (χ1) is 17.6. The second-order valence-corrected chi connectivity index (χ2v) is 10.3. The van der Waals surface area contributed by atoms with Crippen molar-refractivity contribution in [2.45, 2.75) is 37.4 Å².